The van der Waals surface area contributed by atoms with E-state index in [1.54, 1.807) is 13.2 Å². The molecule has 146 valence electrons. The predicted molar refractivity (Wildman–Crippen MR) is 113 cm³/mol. The molecule has 0 atom stereocenters. The summed E-state index contributed by atoms with van der Waals surface area (Å²) in [6, 6.07) is 20.9. The zero-order chi connectivity index (χ0) is 20.2. The number of H-pyrrole nitrogens is 1. The average molecular weight is 387 g/mol. The molecule has 29 heavy (non-hydrogen) atoms. The van der Waals surface area contributed by atoms with Gasteiger partial charge in [-0.05, 0) is 49.4 Å². The van der Waals surface area contributed by atoms with Gasteiger partial charge in [0.15, 0.2) is 18.1 Å². The number of nitrogens with zero attached hydrogens (tertiary/aromatic N) is 1. The molecule has 0 unspecified atom stereocenters. The normalized spacial score (nSPS) is 10.7. The van der Waals surface area contributed by atoms with Gasteiger partial charge in [0.05, 0.1) is 18.1 Å². The van der Waals surface area contributed by atoms with Crippen molar-refractivity contribution in [1.29, 1.82) is 0 Å². The van der Waals surface area contributed by atoms with E-state index in [1.165, 1.54) is 0 Å². The molecule has 1 aromatic heterocycles. The molecule has 0 spiro atoms. The molecule has 2 N–H and O–H groups in total. The zero-order valence-corrected chi connectivity index (χ0v) is 16.2. The van der Waals surface area contributed by atoms with Crippen molar-refractivity contribution < 1.29 is 14.3 Å². The Morgan fingerprint density at radius 1 is 1.03 bits per heavy atom. The van der Waals surface area contributed by atoms with Crippen LogP contribution in [0.25, 0.3) is 22.4 Å². The minimum Gasteiger partial charge on any atom is -0.493 e. The number of hydrogen-bond donors (Lipinski definition) is 2. The molecule has 6 nitrogen and oxygen atoms in total. The van der Waals surface area contributed by atoms with Crippen molar-refractivity contribution >= 4 is 22.6 Å². The Kier molecular flexibility index (Phi) is 5.16. The molecule has 1 amide bonds. The Morgan fingerprint density at radius 3 is 2.59 bits per heavy atom. The monoisotopic (exact) mass is 387 g/mol. The van der Waals surface area contributed by atoms with Crippen LogP contribution in [0.4, 0.5) is 5.69 Å². The quantitative estimate of drug-likeness (QED) is 0.508. The highest BCUT2D eigenvalue weighted by molar-refractivity contribution is 5.92. The summed E-state index contributed by atoms with van der Waals surface area (Å²) in [6.45, 7) is 1.88. The van der Waals surface area contributed by atoms with Gasteiger partial charge in [0.2, 0.25) is 0 Å². The molecule has 0 saturated carbocycles. The molecule has 0 aliphatic rings. The maximum Gasteiger partial charge on any atom is 0.262 e. The number of methoxy groups -OCH3 is 1. The standard InChI is InChI=1S/C23H21N3O3/c1-15-7-10-17(11-8-15)24-22(27)14-29-20-12-9-16(13-21(20)28-2)23-25-18-5-3-4-6-19(18)26-23/h3-13H,14H2,1-2H3,(H,24,27)(H,25,26). The SMILES string of the molecule is COc1cc(-c2nc3ccccc3[nH]2)ccc1OCC(=O)Nc1ccc(C)cc1. The number of para-hydroxylation sites is 2. The molecule has 4 rings (SSSR count). The molecule has 0 saturated heterocycles. The lowest BCUT2D eigenvalue weighted by Crippen LogP contribution is -2.20. The first kappa shape index (κ1) is 18.6. The molecule has 4 aromatic rings. The predicted octanol–water partition coefficient (Wildman–Crippen LogP) is 4.56. The molecule has 0 aliphatic carbocycles. The zero-order valence-electron chi connectivity index (χ0n) is 16.2. The summed E-state index contributed by atoms with van der Waals surface area (Å²) >= 11 is 0. The number of aromatic amines is 1. The Balaban J connectivity index is 1.46. The number of hydrogen-bond acceptors (Lipinski definition) is 4. The maximum atomic E-state index is 12.2. The van der Waals surface area contributed by atoms with Crippen molar-refractivity contribution in [2.75, 3.05) is 19.0 Å². The molecule has 0 radical (unpaired) electrons. The van der Waals surface area contributed by atoms with Gasteiger partial charge in [-0.25, -0.2) is 4.98 Å². The highest BCUT2D eigenvalue weighted by Crippen LogP contribution is 2.32. The van der Waals surface area contributed by atoms with Crippen molar-refractivity contribution in [3.8, 4) is 22.9 Å². The summed E-state index contributed by atoms with van der Waals surface area (Å²) in [5.74, 6) is 1.53. The third kappa shape index (κ3) is 4.21. The van der Waals surface area contributed by atoms with Gasteiger partial charge >= 0.3 is 0 Å². The fourth-order valence-electron chi connectivity index (χ4n) is 3.00. The van der Waals surface area contributed by atoms with Crippen LogP contribution in [0.1, 0.15) is 5.56 Å². The minimum absolute atomic E-state index is 0.117. The van der Waals surface area contributed by atoms with E-state index in [9.17, 15) is 4.79 Å². The topological polar surface area (TPSA) is 76.2 Å². The number of carbonyl (C=O) groups excluding carboxylic acids is 1. The van der Waals surface area contributed by atoms with Crippen LogP contribution in [0.3, 0.4) is 0 Å². The Labute approximate surface area is 168 Å². The van der Waals surface area contributed by atoms with Gasteiger partial charge in [-0.3, -0.25) is 4.79 Å². The lowest BCUT2D eigenvalue weighted by Gasteiger charge is -2.12. The molecular weight excluding hydrogens is 366 g/mol. The van der Waals surface area contributed by atoms with E-state index < -0.39 is 0 Å². The van der Waals surface area contributed by atoms with Gasteiger partial charge < -0.3 is 19.8 Å². The number of ether oxygens (including phenoxy) is 2. The van der Waals surface area contributed by atoms with E-state index in [4.69, 9.17) is 9.47 Å². The number of nitrogens with one attached hydrogen (secondary N) is 2. The number of amides is 1. The second kappa shape index (κ2) is 8.06. The molecule has 0 bridgehead atoms. The summed E-state index contributed by atoms with van der Waals surface area (Å²) in [4.78, 5) is 20.1. The summed E-state index contributed by atoms with van der Waals surface area (Å²) in [6.07, 6.45) is 0. The van der Waals surface area contributed by atoms with Crippen molar-refractivity contribution in [3.63, 3.8) is 0 Å². The Morgan fingerprint density at radius 2 is 1.83 bits per heavy atom. The van der Waals surface area contributed by atoms with E-state index in [-0.39, 0.29) is 12.5 Å². The molecule has 0 fully saturated rings. The fraction of sp³-hybridized carbons (Fsp3) is 0.130. The van der Waals surface area contributed by atoms with Crippen LogP contribution in [0.15, 0.2) is 66.7 Å². The second-order valence-corrected chi connectivity index (χ2v) is 6.67. The van der Waals surface area contributed by atoms with E-state index in [1.807, 2.05) is 67.6 Å². The van der Waals surface area contributed by atoms with E-state index in [2.05, 4.69) is 15.3 Å². The van der Waals surface area contributed by atoms with Crippen molar-refractivity contribution in [3.05, 3.63) is 72.3 Å². The van der Waals surface area contributed by atoms with Crippen LogP contribution in [0, 0.1) is 6.92 Å². The first-order chi connectivity index (χ1) is 14.1. The Hall–Kier alpha value is -3.80. The summed E-state index contributed by atoms with van der Waals surface area (Å²) in [5.41, 5.74) is 4.60. The third-order valence-electron chi connectivity index (χ3n) is 4.52. The van der Waals surface area contributed by atoms with E-state index >= 15 is 0 Å². The fourth-order valence-corrected chi connectivity index (χ4v) is 3.00. The van der Waals surface area contributed by atoms with Gasteiger partial charge in [0.25, 0.3) is 5.91 Å². The third-order valence-corrected chi connectivity index (χ3v) is 4.52. The van der Waals surface area contributed by atoms with Crippen LogP contribution in [-0.4, -0.2) is 29.6 Å². The summed E-state index contributed by atoms with van der Waals surface area (Å²) in [5, 5.41) is 2.81. The molecular formula is C23H21N3O3. The number of carbonyl (C=O) groups is 1. The minimum atomic E-state index is -0.239. The van der Waals surface area contributed by atoms with Crippen LogP contribution in [-0.2, 0) is 4.79 Å². The second-order valence-electron chi connectivity index (χ2n) is 6.67. The average Bonchev–Trinajstić information content (AvgIpc) is 3.18. The largest absolute Gasteiger partial charge is 0.493 e. The number of aryl methyl sites for hydroxylation is 1. The number of anilines is 1. The van der Waals surface area contributed by atoms with Gasteiger partial charge in [-0.1, -0.05) is 29.8 Å². The van der Waals surface area contributed by atoms with Crippen LogP contribution >= 0.6 is 0 Å². The number of imidazole rings is 1. The van der Waals surface area contributed by atoms with Gasteiger partial charge in [0.1, 0.15) is 5.82 Å². The van der Waals surface area contributed by atoms with Gasteiger partial charge in [0, 0.05) is 11.3 Å². The smallest absolute Gasteiger partial charge is 0.262 e. The Bertz CT molecular complexity index is 1120. The summed E-state index contributed by atoms with van der Waals surface area (Å²) < 4.78 is 11.1. The highest BCUT2D eigenvalue weighted by atomic mass is 16.5. The van der Waals surface area contributed by atoms with Crippen LogP contribution in [0.5, 0.6) is 11.5 Å². The number of aromatic nitrogens is 2. The van der Waals surface area contributed by atoms with E-state index in [0.717, 1.165) is 33.7 Å². The maximum absolute atomic E-state index is 12.2. The first-order valence-corrected chi connectivity index (χ1v) is 9.25. The number of benzene rings is 3. The lowest BCUT2D eigenvalue weighted by atomic mass is 10.2. The van der Waals surface area contributed by atoms with Crippen molar-refractivity contribution in [2.45, 2.75) is 6.92 Å². The molecule has 1 heterocycles. The number of fused-ring (bicyclic) bond motifs is 1. The van der Waals surface area contributed by atoms with Gasteiger partial charge in [-0.2, -0.15) is 0 Å². The van der Waals surface area contributed by atoms with Gasteiger partial charge in [-0.15, -0.1) is 0 Å². The van der Waals surface area contributed by atoms with Crippen LogP contribution in [0.2, 0.25) is 0 Å². The molecule has 3 aromatic carbocycles. The summed E-state index contributed by atoms with van der Waals surface area (Å²) in [7, 11) is 1.57. The number of rotatable bonds is 6. The molecule has 0 aliphatic heterocycles. The first-order valence-electron chi connectivity index (χ1n) is 9.25. The van der Waals surface area contributed by atoms with Crippen LogP contribution < -0.4 is 14.8 Å². The van der Waals surface area contributed by atoms with Crippen molar-refractivity contribution in [1.82, 2.24) is 9.97 Å². The molecule has 6 heteroatoms. The van der Waals surface area contributed by atoms with E-state index in [0.29, 0.717) is 11.5 Å². The lowest BCUT2D eigenvalue weighted by molar-refractivity contribution is -0.118. The highest BCUT2D eigenvalue weighted by Gasteiger charge is 2.12. The van der Waals surface area contributed by atoms with Crippen molar-refractivity contribution in [2.24, 2.45) is 0 Å².